The standard InChI is InChI=1S/C16H14BrCl2NO/c17-11-3-1-10(2-4-11)9-20-15-5-6-21-16-13(15)7-12(18)8-14(16)19/h1-4,7-8,15,20H,5-6,9H2. The van der Waals surface area contributed by atoms with E-state index in [1.165, 1.54) is 5.56 Å². The van der Waals surface area contributed by atoms with Crippen molar-refractivity contribution in [2.45, 2.75) is 19.0 Å². The summed E-state index contributed by atoms with van der Waals surface area (Å²) < 4.78 is 6.75. The first kappa shape index (κ1) is 15.2. The predicted molar refractivity (Wildman–Crippen MR) is 90.3 cm³/mol. The molecule has 1 N–H and O–H groups in total. The molecule has 0 spiro atoms. The van der Waals surface area contributed by atoms with Crippen LogP contribution < -0.4 is 10.1 Å². The van der Waals surface area contributed by atoms with E-state index in [2.05, 4.69) is 33.4 Å². The number of hydrogen-bond donors (Lipinski definition) is 1. The molecule has 21 heavy (non-hydrogen) atoms. The molecule has 1 aliphatic heterocycles. The van der Waals surface area contributed by atoms with Crippen molar-refractivity contribution >= 4 is 39.1 Å². The predicted octanol–water partition coefficient (Wildman–Crippen LogP) is 5.37. The first-order chi connectivity index (χ1) is 10.1. The van der Waals surface area contributed by atoms with Crippen molar-refractivity contribution in [2.24, 2.45) is 0 Å². The maximum atomic E-state index is 6.20. The average molecular weight is 387 g/mol. The zero-order valence-corrected chi connectivity index (χ0v) is 14.3. The summed E-state index contributed by atoms with van der Waals surface area (Å²) in [5.41, 5.74) is 2.27. The molecule has 0 bridgehead atoms. The van der Waals surface area contributed by atoms with E-state index in [0.29, 0.717) is 16.7 Å². The SMILES string of the molecule is Clc1cc(Cl)c2c(c1)C(NCc1ccc(Br)cc1)CCO2. The van der Waals surface area contributed by atoms with Crippen LogP contribution in [0.2, 0.25) is 10.0 Å². The fourth-order valence-corrected chi connectivity index (χ4v) is 3.31. The highest BCUT2D eigenvalue weighted by atomic mass is 79.9. The summed E-state index contributed by atoms with van der Waals surface area (Å²) in [6.45, 7) is 1.45. The van der Waals surface area contributed by atoms with E-state index in [1.807, 2.05) is 18.2 Å². The van der Waals surface area contributed by atoms with Crippen LogP contribution in [0.3, 0.4) is 0 Å². The Balaban J connectivity index is 1.77. The third-order valence-corrected chi connectivity index (χ3v) is 4.56. The number of fused-ring (bicyclic) bond motifs is 1. The number of hydrogen-bond acceptors (Lipinski definition) is 2. The van der Waals surface area contributed by atoms with Crippen LogP contribution in [-0.2, 0) is 6.54 Å². The number of halogens is 3. The lowest BCUT2D eigenvalue weighted by molar-refractivity contribution is 0.252. The van der Waals surface area contributed by atoms with Crippen LogP contribution in [0.25, 0.3) is 0 Å². The van der Waals surface area contributed by atoms with Gasteiger partial charge in [-0.25, -0.2) is 0 Å². The maximum absolute atomic E-state index is 6.20. The second-order valence-corrected chi connectivity index (χ2v) is 6.76. The second-order valence-electron chi connectivity index (χ2n) is 5.00. The van der Waals surface area contributed by atoms with Crippen LogP contribution in [0, 0.1) is 0 Å². The molecule has 2 aromatic rings. The van der Waals surface area contributed by atoms with Gasteiger partial charge in [0.1, 0.15) is 5.75 Å². The Morgan fingerprint density at radius 3 is 2.71 bits per heavy atom. The Labute approximate surface area is 142 Å². The van der Waals surface area contributed by atoms with Gasteiger partial charge in [-0.2, -0.15) is 0 Å². The first-order valence-corrected chi connectivity index (χ1v) is 8.28. The number of nitrogens with one attached hydrogen (secondary N) is 1. The van der Waals surface area contributed by atoms with E-state index < -0.39 is 0 Å². The molecule has 0 aromatic heterocycles. The van der Waals surface area contributed by atoms with E-state index in [1.54, 1.807) is 6.07 Å². The number of rotatable bonds is 3. The van der Waals surface area contributed by atoms with Gasteiger partial charge in [0.05, 0.1) is 11.6 Å². The number of ether oxygens (including phenoxy) is 1. The van der Waals surface area contributed by atoms with Crippen molar-refractivity contribution in [2.75, 3.05) is 6.61 Å². The van der Waals surface area contributed by atoms with Crippen molar-refractivity contribution in [3.63, 3.8) is 0 Å². The Kier molecular flexibility index (Phi) is 4.75. The van der Waals surface area contributed by atoms with Crippen molar-refractivity contribution in [1.29, 1.82) is 0 Å². The normalized spacial score (nSPS) is 17.2. The summed E-state index contributed by atoms with van der Waals surface area (Å²) in [7, 11) is 0. The van der Waals surface area contributed by atoms with Gasteiger partial charge in [-0.3, -0.25) is 0 Å². The molecule has 0 fully saturated rings. The highest BCUT2D eigenvalue weighted by Gasteiger charge is 2.23. The van der Waals surface area contributed by atoms with E-state index >= 15 is 0 Å². The molecule has 0 radical (unpaired) electrons. The average Bonchev–Trinajstić information content (AvgIpc) is 2.47. The summed E-state index contributed by atoms with van der Waals surface area (Å²) in [4.78, 5) is 0. The van der Waals surface area contributed by atoms with Crippen LogP contribution in [0.15, 0.2) is 40.9 Å². The maximum Gasteiger partial charge on any atom is 0.142 e. The molecule has 1 unspecified atom stereocenters. The minimum atomic E-state index is 0.202. The molecule has 1 heterocycles. The summed E-state index contributed by atoms with van der Waals surface area (Å²) in [5, 5.41) is 4.77. The van der Waals surface area contributed by atoms with Gasteiger partial charge < -0.3 is 10.1 Å². The molecule has 5 heteroatoms. The van der Waals surface area contributed by atoms with E-state index in [9.17, 15) is 0 Å². The molecule has 2 nitrogen and oxygen atoms in total. The lowest BCUT2D eigenvalue weighted by Crippen LogP contribution is -2.27. The van der Waals surface area contributed by atoms with E-state index in [-0.39, 0.29) is 6.04 Å². The molecule has 0 aliphatic carbocycles. The summed E-state index contributed by atoms with van der Waals surface area (Å²) in [6.07, 6.45) is 0.903. The third-order valence-electron chi connectivity index (χ3n) is 3.53. The fourth-order valence-electron chi connectivity index (χ4n) is 2.48. The highest BCUT2D eigenvalue weighted by molar-refractivity contribution is 9.10. The molecule has 110 valence electrons. The van der Waals surface area contributed by atoms with Crippen molar-refractivity contribution in [3.05, 3.63) is 62.0 Å². The topological polar surface area (TPSA) is 21.3 Å². The largest absolute Gasteiger partial charge is 0.492 e. The van der Waals surface area contributed by atoms with Crippen molar-refractivity contribution < 1.29 is 4.74 Å². The molecule has 1 atom stereocenters. The van der Waals surface area contributed by atoms with Crippen molar-refractivity contribution in [3.8, 4) is 5.75 Å². The van der Waals surface area contributed by atoms with Crippen LogP contribution in [0.4, 0.5) is 0 Å². The van der Waals surface area contributed by atoms with Gasteiger partial charge in [-0.1, -0.05) is 51.3 Å². The van der Waals surface area contributed by atoms with Gasteiger partial charge in [0, 0.05) is 34.1 Å². The lowest BCUT2D eigenvalue weighted by atomic mass is 10.00. The molecular formula is C16H14BrCl2NO. The fraction of sp³-hybridized carbons (Fsp3) is 0.250. The van der Waals surface area contributed by atoms with Gasteiger partial charge in [0.15, 0.2) is 0 Å². The third kappa shape index (κ3) is 3.54. The molecule has 0 amide bonds. The summed E-state index contributed by atoms with van der Waals surface area (Å²) in [6, 6.07) is 12.1. The van der Waals surface area contributed by atoms with Gasteiger partial charge in [-0.15, -0.1) is 0 Å². The Morgan fingerprint density at radius 2 is 1.95 bits per heavy atom. The molecule has 3 rings (SSSR count). The monoisotopic (exact) mass is 385 g/mol. The molecule has 1 aliphatic rings. The van der Waals surface area contributed by atoms with E-state index in [0.717, 1.165) is 28.8 Å². The zero-order chi connectivity index (χ0) is 14.8. The van der Waals surface area contributed by atoms with Crippen LogP contribution in [0.1, 0.15) is 23.6 Å². The molecular weight excluding hydrogens is 373 g/mol. The minimum absolute atomic E-state index is 0.202. The molecule has 0 saturated heterocycles. The summed E-state index contributed by atoms with van der Waals surface area (Å²) in [5.74, 6) is 0.751. The van der Waals surface area contributed by atoms with Crippen LogP contribution in [-0.4, -0.2) is 6.61 Å². The van der Waals surface area contributed by atoms with Gasteiger partial charge in [-0.05, 0) is 29.8 Å². The number of benzene rings is 2. The molecule has 2 aromatic carbocycles. The zero-order valence-electron chi connectivity index (χ0n) is 11.2. The van der Waals surface area contributed by atoms with E-state index in [4.69, 9.17) is 27.9 Å². The van der Waals surface area contributed by atoms with Crippen LogP contribution in [0.5, 0.6) is 5.75 Å². The molecule has 0 saturated carbocycles. The Bertz CT molecular complexity index is 645. The Hall–Kier alpha value is -0.740. The quantitative estimate of drug-likeness (QED) is 0.765. The lowest BCUT2D eigenvalue weighted by Gasteiger charge is -2.27. The Morgan fingerprint density at radius 1 is 1.19 bits per heavy atom. The second kappa shape index (κ2) is 6.57. The van der Waals surface area contributed by atoms with Crippen LogP contribution >= 0.6 is 39.1 Å². The van der Waals surface area contributed by atoms with Crippen molar-refractivity contribution in [1.82, 2.24) is 5.32 Å². The smallest absolute Gasteiger partial charge is 0.142 e. The van der Waals surface area contributed by atoms with Gasteiger partial charge in [0.25, 0.3) is 0 Å². The first-order valence-electron chi connectivity index (χ1n) is 6.73. The summed E-state index contributed by atoms with van der Waals surface area (Å²) >= 11 is 15.8. The van der Waals surface area contributed by atoms with Gasteiger partial charge in [0.2, 0.25) is 0 Å². The minimum Gasteiger partial charge on any atom is -0.492 e. The highest BCUT2D eigenvalue weighted by Crippen LogP contribution is 2.40. The van der Waals surface area contributed by atoms with Gasteiger partial charge >= 0.3 is 0 Å².